The summed E-state index contributed by atoms with van der Waals surface area (Å²) in [5.74, 6) is 1.37. The van der Waals surface area contributed by atoms with E-state index in [1.165, 1.54) is 4.90 Å². The Kier molecular flexibility index (Phi) is 3.47. The van der Waals surface area contributed by atoms with Crippen LogP contribution in [0.1, 0.15) is 27.8 Å². The highest BCUT2D eigenvalue weighted by molar-refractivity contribution is 5.91. The van der Waals surface area contributed by atoms with Crippen molar-refractivity contribution in [1.29, 1.82) is 0 Å². The molecule has 0 unspecified atom stereocenters. The Morgan fingerprint density at radius 1 is 1.50 bits per heavy atom. The van der Waals surface area contributed by atoms with Crippen LogP contribution in [-0.2, 0) is 13.1 Å². The molecule has 6 nitrogen and oxygen atoms in total. The van der Waals surface area contributed by atoms with E-state index in [2.05, 4.69) is 5.16 Å². The minimum absolute atomic E-state index is 0.213. The van der Waals surface area contributed by atoms with Crippen LogP contribution in [0.25, 0.3) is 0 Å². The van der Waals surface area contributed by atoms with Crippen molar-refractivity contribution in [3.8, 4) is 0 Å². The van der Waals surface area contributed by atoms with Gasteiger partial charge in [0.05, 0.1) is 13.1 Å². The van der Waals surface area contributed by atoms with E-state index >= 15 is 0 Å². The minimum Gasteiger partial charge on any atom is -0.455 e. The molecule has 0 aliphatic heterocycles. The van der Waals surface area contributed by atoms with Gasteiger partial charge in [-0.15, -0.1) is 0 Å². The quantitative estimate of drug-likeness (QED) is 0.882. The average molecular weight is 249 g/mol. The standard InChI is InChI=1S/C12H15N3O3/c1-8-5-9(14-18-8)7-15(2)12(16)11-4-3-10(6-13)17-11/h3-5H,6-7,13H2,1-2H3. The van der Waals surface area contributed by atoms with Crippen LogP contribution in [0.3, 0.4) is 0 Å². The van der Waals surface area contributed by atoms with Crippen molar-refractivity contribution in [3.63, 3.8) is 0 Å². The van der Waals surface area contributed by atoms with Gasteiger partial charge in [0, 0.05) is 13.1 Å². The number of furan rings is 1. The zero-order valence-corrected chi connectivity index (χ0v) is 10.3. The summed E-state index contributed by atoms with van der Waals surface area (Å²) < 4.78 is 10.2. The lowest BCUT2D eigenvalue weighted by Gasteiger charge is -2.13. The number of carbonyl (C=O) groups excluding carboxylic acids is 1. The van der Waals surface area contributed by atoms with Crippen molar-refractivity contribution in [2.45, 2.75) is 20.0 Å². The maximum Gasteiger partial charge on any atom is 0.289 e. The third kappa shape index (κ3) is 2.60. The molecule has 0 saturated heterocycles. The van der Waals surface area contributed by atoms with Gasteiger partial charge in [0.25, 0.3) is 5.91 Å². The zero-order valence-electron chi connectivity index (χ0n) is 10.3. The number of hydrogen-bond acceptors (Lipinski definition) is 5. The molecule has 1 amide bonds. The van der Waals surface area contributed by atoms with Gasteiger partial charge in [-0.1, -0.05) is 5.16 Å². The monoisotopic (exact) mass is 249 g/mol. The van der Waals surface area contributed by atoms with Crippen molar-refractivity contribution in [1.82, 2.24) is 10.1 Å². The number of aromatic nitrogens is 1. The smallest absolute Gasteiger partial charge is 0.289 e. The lowest BCUT2D eigenvalue weighted by atomic mass is 10.3. The first-order valence-electron chi connectivity index (χ1n) is 5.56. The molecular weight excluding hydrogens is 234 g/mol. The van der Waals surface area contributed by atoms with E-state index in [1.807, 2.05) is 0 Å². The molecule has 6 heteroatoms. The highest BCUT2D eigenvalue weighted by Gasteiger charge is 2.17. The number of rotatable bonds is 4. The Hall–Kier alpha value is -2.08. The summed E-state index contributed by atoms with van der Waals surface area (Å²) in [5, 5.41) is 3.83. The summed E-state index contributed by atoms with van der Waals surface area (Å²) in [5.41, 5.74) is 6.13. The molecule has 0 spiro atoms. The molecule has 0 radical (unpaired) electrons. The van der Waals surface area contributed by atoms with Crippen LogP contribution in [0.15, 0.2) is 27.1 Å². The van der Waals surface area contributed by atoms with Gasteiger partial charge in [0.15, 0.2) is 5.76 Å². The molecule has 0 aromatic carbocycles. The number of carbonyl (C=O) groups is 1. The molecule has 2 aromatic rings. The van der Waals surface area contributed by atoms with E-state index in [0.717, 1.165) is 0 Å². The fraction of sp³-hybridized carbons (Fsp3) is 0.333. The van der Waals surface area contributed by atoms with Gasteiger partial charge >= 0.3 is 0 Å². The molecule has 0 saturated carbocycles. The lowest BCUT2D eigenvalue weighted by molar-refractivity contribution is 0.0748. The fourth-order valence-corrected chi connectivity index (χ4v) is 1.60. The van der Waals surface area contributed by atoms with Crippen molar-refractivity contribution in [3.05, 3.63) is 41.2 Å². The Balaban J connectivity index is 2.04. The summed E-state index contributed by atoms with van der Waals surface area (Å²) in [7, 11) is 1.68. The molecule has 18 heavy (non-hydrogen) atoms. The van der Waals surface area contributed by atoms with Crippen LogP contribution in [-0.4, -0.2) is 23.0 Å². The summed E-state index contributed by atoms with van der Waals surface area (Å²) in [4.78, 5) is 13.5. The van der Waals surface area contributed by atoms with Crippen LogP contribution in [0, 0.1) is 6.92 Å². The molecule has 0 fully saturated rings. The van der Waals surface area contributed by atoms with E-state index in [0.29, 0.717) is 23.8 Å². The van der Waals surface area contributed by atoms with Gasteiger partial charge in [0.2, 0.25) is 0 Å². The third-order valence-electron chi connectivity index (χ3n) is 2.50. The molecular formula is C12H15N3O3. The van der Waals surface area contributed by atoms with Crippen molar-refractivity contribution in [2.75, 3.05) is 7.05 Å². The molecule has 0 aliphatic rings. The number of nitrogens with two attached hydrogens (primary N) is 1. The Morgan fingerprint density at radius 3 is 2.83 bits per heavy atom. The molecule has 0 aliphatic carbocycles. The topological polar surface area (TPSA) is 85.5 Å². The van der Waals surface area contributed by atoms with Crippen LogP contribution in [0.5, 0.6) is 0 Å². The highest BCUT2D eigenvalue weighted by Crippen LogP contribution is 2.12. The summed E-state index contributed by atoms with van der Waals surface area (Å²) in [6.45, 7) is 2.45. The summed E-state index contributed by atoms with van der Waals surface area (Å²) in [6.07, 6.45) is 0. The second kappa shape index (κ2) is 5.05. The maximum absolute atomic E-state index is 12.0. The summed E-state index contributed by atoms with van der Waals surface area (Å²) in [6, 6.07) is 5.10. The first kappa shape index (κ1) is 12.4. The van der Waals surface area contributed by atoms with Crippen LogP contribution in [0.4, 0.5) is 0 Å². The van der Waals surface area contributed by atoms with Gasteiger partial charge in [-0.25, -0.2) is 0 Å². The third-order valence-corrected chi connectivity index (χ3v) is 2.50. The second-order valence-electron chi connectivity index (χ2n) is 4.06. The second-order valence-corrected chi connectivity index (χ2v) is 4.06. The molecule has 96 valence electrons. The summed E-state index contributed by atoms with van der Waals surface area (Å²) >= 11 is 0. The predicted octanol–water partition coefficient (Wildman–Crippen LogP) is 1.31. The Morgan fingerprint density at radius 2 is 2.28 bits per heavy atom. The number of amides is 1. The van der Waals surface area contributed by atoms with Gasteiger partial charge < -0.3 is 19.6 Å². The number of aryl methyl sites for hydroxylation is 1. The zero-order chi connectivity index (χ0) is 13.1. The van der Waals surface area contributed by atoms with Crippen molar-refractivity contribution < 1.29 is 13.7 Å². The predicted molar refractivity (Wildman–Crippen MR) is 63.6 cm³/mol. The number of hydrogen-bond donors (Lipinski definition) is 1. The molecule has 2 heterocycles. The highest BCUT2D eigenvalue weighted by atomic mass is 16.5. The van der Waals surface area contributed by atoms with Crippen LogP contribution >= 0.6 is 0 Å². The fourth-order valence-electron chi connectivity index (χ4n) is 1.60. The molecule has 2 aromatic heterocycles. The maximum atomic E-state index is 12.0. The average Bonchev–Trinajstić information content (AvgIpc) is 2.97. The van der Waals surface area contributed by atoms with Gasteiger partial charge in [-0.05, 0) is 19.1 Å². The van der Waals surface area contributed by atoms with E-state index in [1.54, 1.807) is 32.2 Å². The van der Waals surface area contributed by atoms with Gasteiger partial charge in [-0.3, -0.25) is 4.79 Å². The largest absolute Gasteiger partial charge is 0.455 e. The van der Waals surface area contributed by atoms with E-state index in [4.69, 9.17) is 14.7 Å². The van der Waals surface area contributed by atoms with Crippen molar-refractivity contribution >= 4 is 5.91 Å². The van der Waals surface area contributed by atoms with Crippen LogP contribution < -0.4 is 5.73 Å². The van der Waals surface area contributed by atoms with Gasteiger partial charge in [0.1, 0.15) is 17.2 Å². The van der Waals surface area contributed by atoms with Crippen molar-refractivity contribution in [2.24, 2.45) is 5.73 Å². The van der Waals surface area contributed by atoms with E-state index in [-0.39, 0.29) is 18.2 Å². The van der Waals surface area contributed by atoms with Crippen LogP contribution in [0.2, 0.25) is 0 Å². The SMILES string of the molecule is Cc1cc(CN(C)C(=O)c2ccc(CN)o2)no1. The molecule has 2 rings (SSSR count). The van der Waals surface area contributed by atoms with E-state index in [9.17, 15) is 4.79 Å². The first-order chi connectivity index (χ1) is 8.60. The lowest BCUT2D eigenvalue weighted by Crippen LogP contribution is -2.25. The number of nitrogens with zero attached hydrogens (tertiary/aromatic N) is 2. The van der Waals surface area contributed by atoms with Gasteiger partial charge in [-0.2, -0.15) is 0 Å². The Bertz CT molecular complexity index is 544. The molecule has 2 N–H and O–H groups in total. The molecule has 0 bridgehead atoms. The minimum atomic E-state index is -0.213. The normalized spacial score (nSPS) is 10.6. The molecule has 0 atom stereocenters. The Labute approximate surface area is 104 Å². The first-order valence-corrected chi connectivity index (χ1v) is 5.56. The van der Waals surface area contributed by atoms with E-state index < -0.39 is 0 Å².